The first-order valence-corrected chi connectivity index (χ1v) is 9.93. The number of rotatable bonds is 7. The van der Waals surface area contributed by atoms with E-state index in [0.29, 0.717) is 17.8 Å². The number of aliphatic carboxylic acids is 1. The summed E-state index contributed by atoms with van der Waals surface area (Å²) in [6, 6.07) is 17.5. The van der Waals surface area contributed by atoms with Gasteiger partial charge in [-0.3, -0.25) is 9.69 Å². The average molecular weight is 386 g/mol. The number of carboxylic acids is 1. The zero-order valence-corrected chi connectivity index (χ0v) is 18.0. The van der Waals surface area contributed by atoms with Crippen molar-refractivity contribution in [1.29, 1.82) is 0 Å². The maximum atomic E-state index is 10.4. The van der Waals surface area contributed by atoms with E-state index in [1.54, 1.807) is 0 Å². The van der Waals surface area contributed by atoms with Crippen LogP contribution < -0.4 is 0 Å². The second kappa shape index (κ2) is 11.5. The normalized spacial score (nSPS) is 12.0. The number of aromatic hydroxyl groups is 1. The Bertz CT molecular complexity index is 714. The molecule has 28 heavy (non-hydrogen) atoms. The minimum absolute atomic E-state index is 0.214. The van der Waals surface area contributed by atoms with Gasteiger partial charge in [0.2, 0.25) is 0 Å². The Morgan fingerprint density at radius 3 is 2.04 bits per heavy atom. The van der Waals surface area contributed by atoms with Crippen LogP contribution in [0.15, 0.2) is 48.5 Å². The van der Waals surface area contributed by atoms with Gasteiger partial charge in [0.05, 0.1) is 0 Å². The van der Waals surface area contributed by atoms with Crippen molar-refractivity contribution < 1.29 is 15.0 Å². The zero-order chi connectivity index (χ0) is 21.3. The topological polar surface area (TPSA) is 60.8 Å². The molecule has 0 radical (unpaired) electrons. The van der Waals surface area contributed by atoms with Crippen LogP contribution >= 0.6 is 0 Å². The number of aryl methyl sites for hydroxylation is 1. The number of phenols is 1. The summed E-state index contributed by atoms with van der Waals surface area (Å²) < 4.78 is 0. The average Bonchev–Trinajstić information content (AvgIpc) is 2.61. The highest BCUT2D eigenvalue weighted by Gasteiger charge is 2.21. The van der Waals surface area contributed by atoms with Crippen LogP contribution in [0.3, 0.4) is 0 Å². The third kappa shape index (κ3) is 7.73. The van der Waals surface area contributed by atoms with Gasteiger partial charge in [-0.2, -0.15) is 0 Å². The number of nitrogens with zero attached hydrogens (tertiary/aromatic N) is 1. The van der Waals surface area contributed by atoms with Crippen LogP contribution in [0.1, 0.15) is 63.6 Å². The summed E-state index contributed by atoms with van der Waals surface area (Å²) in [7, 11) is 0. The Hall–Kier alpha value is -2.33. The van der Waals surface area contributed by atoms with Gasteiger partial charge in [-0.25, -0.2) is 0 Å². The molecule has 0 unspecified atom stereocenters. The monoisotopic (exact) mass is 385 g/mol. The van der Waals surface area contributed by atoms with Crippen LogP contribution in [-0.4, -0.2) is 39.7 Å². The van der Waals surface area contributed by atoms with Crippen molar-refractivity contribution in [2.75, 3.05) is 6.54 Å². The highest BCUT2D eigenvalue weighted by Crippen LogP contribution is 2.35. The smallest absolute Gasteiger partial charge is 0.300 e. The molecule has 0 saturated heterocycles. The first kappa shape index (κ1) is 23.7. The zero-order valence-electron chi connectivity index (χ0n) is 18.0. The largest absolute Gasteiger partial charge is 0.508 e. The van der Waals surface area contributed by atoms with Crippen LogP contribution in [0.4, 0.5) is 0 Å². The van der Waals surface area contributed by atoms with E-state index in [1.807, 2.05) is 18.2 Å². The Balaban J connectivity index is 0.000000892. The first-order valence-electron chi connectivity index (χ1n) is 9.93. The van der Waals surface area contributed by atoms with E-state index >= 15 is 0 Å². The van der Waals surface area contributed by atoms with Gasteiger partial charge in [0.1, 0.15) is 5.75 Å². The Morgan fingerprint density at radius 2 is 1.54 bits per heavy atom. The molecule has 4 heteroatoms. The predicted octanol–water partition coefficient (Wildman–Crippen LogP) is 5.43. The van der Waals surface area contributed by atoms with Crippen molar-refractivity contribution in [2.24, 2.45) is 0 Å². The van der Waals surface area contributed by atoms with Crippen molar-refractivity contribution in [1.82, 2.24) is 4.90 Å². The van der Waals surface area contributed by atoms with Gasteiger partial charge in [0.15, 0.2) is 0 Å². The molecule has 2 rings (SSSR count). The number of benzene rings is 2. The molecule has 0 aliphatic carbocycles. The van der Waals surface area contributed by atoms with E-state index in [-0.39, 0.29) is 5.92 Å². The quantitative estimate of drug-likeness (QED) is 0.667. The molecule has 2 aromatic rings. The fourth-order valence-corrected chi connectivity index (χ4v) is 3.53. The Morgan fingerprint density at radius 1 is 1.00 bits per heavy atom. The molecule has 0 aliphatic rings. The molecule has 2 N–H and O–H groups in total. The lowest BCUT2D eigenvalue weighted by Crippen LogP contribution is -2.38. The molecule has 0 aliphatic heterocycles. The molecule has 0 spiro atoms. The molecule has 0 fully saturated rings. The molecular weight excluding hydrogens is 350 g/mol. The Labute approximate surface area is 169 Å². The summed E-state index contributed by atoms with van der Waals surface area (Å²) in [5.74, 6) is -0.221. The van der Waals surface area contributed by atoms with Crippen LogP contribution in [0, 0.1) is 6.92 Å². The standard InChI is InChI=1S/C22H31NO.C2H4O2/c1-16(2)23(17(3)4)14-13-20(19-9-7-6-8-10-19)21-15-18(5)11-12-22(21)24;1-2(3)4/h6-12,15-17,20,24H,13-14H2,1-5H3;1H3,(H,3,4)/t20-;/m1./s1. The highest BCUT2D eigenvalue weighted by molar-refractivity contribution is 5.62. The van der Waals surface area contributed by atoms with Gasteiger partial charge < -0.3 is 10.2 Å². The van der Waals surface area contributed by atoms with E-state index in [0.717, 1.165) is 25.5 Å². The lowest BCUT2D eigenvalue weighted by atomic mass is 9.87. The lowest BCUT2D eigenvalue weighted by Gasteiger charge is -2.32. The maximum absolute atomic E-state index is 10.4. The number of hydrogen-bond donors (Lipinski definition) is 2. The van der Waals surface area contributed by atoms with Crippen LogP contribution in [0.25, 0.3) is 0 Å². The summed E-state index contributed by atoms with van der Waals surface area (Å²) >= 11 is 0. The summed E-state index contributed by atoms with van der Waals surface area (Å²) in [4.78, 5) is 11.5. The van der Waals surface area contributed by atoms with E-state index < -0.39 is 5.97 Å². The third-order valence-electron chi connectivity index (χ3n) is 4.76. The molecule has 0 saturated carbocycles. The molecule has 0 amide bonds. The highest BCUT2D eigenvalue weighted by atomic mass is 16.4. The van der Waals surface area contributed by atoms with Gasteiger partial charge in [-0.15, -0.1) is 0 Å². The molecule has 1 atom stereocenters. The van der Waals surface area contributed by atoms with Crippen molar-refractivity contribution in [3.63, 3.8) is 0 Å². The third-order valence-corrected chi connectivity index (χ3v) is 4.76. The molecule has 4 nitrogen and oxygen atoms in total. The van der Waals surface area contributed by atoms with Gasteiger partial charge in [0, 0.05) is 30.5 Å². The second-order valence-electron chi connectivity index (χ2n) is 7.76. The van der Waals surface area contributed by atoms with E-state index in [1.165, 1.54) is 11.1 Å². The van der Waals surface area contributed by atoms with Crippen LogP contribution in [0.2, 0.25) is 0 Å². The van der Waals surface area contributed by atoms with Gasteiger partial charge in [0.25, 0.3) is 5.97 Å². The summed E-state index contributed by atoms with van der Waals surface area (Å²) in [6.07, 6.45) is 0.997. The molecule has 0 heterocycles. The van der Waals surface area contributed by atoms with Crippen molar-refractivity contribution in [2.45, 2.75) is 66.0 Å². The number of carboxylic acid groups (broad SMARTS) is 1. The SMILES string of the molecule is CC(=O)O.Cc1ccc(O)c([C@H](CCN(C(C)C)C(C)C)c2ccccc2)c1. The molecule has 0 aromatic heterocycles. The van der Waals surface area contributed by atoms with Gasteiger partial charge in [-0.05, 0) is 59.2 Å². The van der Waals surface area contributed by atoms with Gasteiger partial charge >= 0.3 is 0 Å². The first-order chi connectivity index (χ1) is 13.1. The summed E-state index contributed by atoms with van der Waals surface area (Å²) in [5.41, 5.74) is 3.49. The van der Waals surface area contributed by atoms with Crippen molar-refractivity contribution in [3.05, 3.63) is 65.2 Å². The van der Waals surface area contributed by atoms with E-state index in [2.05, 4.69) is 69.9 Å². The fourth-order valence-electron chi connectivity index (χ4n) is 3.53. The molecule has 0 bridgehead atoms. The minimum Gasteiger partial charge on any atom is -0.508 e. The number of hydrogen-bond acceptors (Lipinski definition) is 3. The van der Waals surface area contributed by atoms with Crippen molar-refractivity contribution >= 4 is 5.97 Å². The second-order valence-corrected chi connectivity index (χ2v) is 7.76. The molecule has 154 valence electrons. The number of carbonyl (C=O) groups is 1. The predicted molar refractivity (Wildman–Crippen MR) is 116 cm³/mol. The molecular formula is C24H35NO3. The summed E-state index contributed by atoms with van der Waals surface area (Å²) in [5, 5.41) is 17.9. The van der Waals surface area contributed by atoms with E-state index in [9.17, 15) is 5.11 Å². The van der Waals surface area contributed by atoms with Crippen LogP contribution in [0.5, 0.6) is 5.75 Å². The minimum atomic E-state index is -0.833. The molecule has 2 aromatic carbocycles. The summed E-state index contributed by atoms with van der Waals surface area (Å²) in [6.45, 7) is 13.2. The maximum Gasteiger partial charge on any atom is 0.300 e. The lowest BCUT2D eigenvalue weighted by molar-refractivity contribution is -0.134. The van der Waals surface area contributed by atoms with E-state index in [4.69, 9.17) is 9.90 Å². The Kier molecular flexibility index (Phi) is 9.74. The van der Waals surface area contributed by atoms with Crippen LogP contribution in [-0.2, 0) is 4.79 Å². The fraction of sp³-hybridized carbons (Fsp3) is 0.458. The number of phenolic OH excluding ortho intramolecular Hbond substituents is 1. The van der Waals surface area contributed by atoms with Gasteiger partial charge in [-0.1, -0.05) is 48.0 Å². The van der Waals surface area contributed by atoms with Crippen molar-refractivity contribution in [3.8, 4) is 5.75 Å².